The first kappa shape index (κ1) is 10.9. The fourth-order valence-corrected chi connectivity index (χ4v) is 1.09. The number of benzene rings is 1. The monoisotopic (exact) mass is 198 g/mol. The van der Waals surface area contributed by atoms with Gasteiger partial charge in [0.2, 0.25) is 0 Å². The zero-order valence-electron chi connectivity index (χ0n) is 7.63. The minimum Gasteiger partial charge on any atom is -0.412 e. The molecule has 5 nitrogen and oxygen atoms in total. The van der Waals surface area contributed by atoms with Gasteiger partial charge < -0.3 is 20.8 Å². The number of aliphatic hydroxyl groups excluding tert-OH is 2. The van der Waals surface area contributed by atoms with E-state index in [1.54, 1.807) is 24.3 Å². The van der Waals surface area contributed by atoms with E-state index in [1.165, 1.54) is 0 Å². The zero-order valence-corrected chi connectivity index (χ0v) is 7.63. The lowest BCUT2D eigenvalue weighted by molar-refractivity contribution is 0.109. The number of nitrogens with two attached hydrogens (primary N) is 2. The van der Waals surface area contributed by atoms with E-state index in [1.807, 2.05) is 0 Å². The van der Waals surface area contributed by atoms with Crippen molar-refractivity contribution in [1.29, 1.82) is 0 Å². The Morgan fingerprint density at radius 1 is 1.29 bits per heavy atom. The second kappa shape index (κ2) is 4.92. The Hall–Kier alpha value is -1.14. The van der Waals surface area contributed by atoms with Gasteiger partial charge >= 0.3 is 0 Å². The first-order valence-corrected chi connectivity index (χ1v) is 4.20. The van der Waals surface area contributed by atoms with Crippen molar-refractivity contribution in [3.63, 3.8) is 0 Å². The molecule has 0 aromatic heterocycles. The van der Waals surface area contributed by atoms with Crippen LogP contribution in [-0.4, -0.2) is 22.9 Å². The van der Waals surface area contributed by atoms with Crippen molar-refractivity contribution in [2.24, 2.45) is 11.6 Å². The first-order chi connectivity index (χ1) is 6.69. The second-order valence-corrected chi connectivity index (χ2v) is 2.98. The third kappa shape index (κ3) is 2.43. The van der Waals surface area contributed by atoms with E-state index in [-0.39, 0.29) is 6.61 Å². The Labute approximate surface area is 81.9 Å². The van der Waals surface area contributed by atoms with Gasteiger partial charge in [0.25, 0.3) is 0 Å². The molecule has 2 atom stereocenters. The third-order valence-electron chi connectivity index (χ3n) is 1.97. The average molecular weight is 198 g/mol. The number of aliphatic hydroxyl groups is 2. The summed E-state index contributed by atoms with van der Waals surface area (Å²) in [6.45, 7) is -0.268. The predicted molar refractivity (Wildman–Crippen MR) is 51.3 cm³/mol. The smallest absolute Gasteiger partial charge is 0.146 e. The third-order valence-corrected chi connectivity index (χ3v) is 1.97. The molecule has 1 aromatic carbocycles. The molecular weight excluding hydrogens is 184 g/mol. The van der Waals surface area contributed by atoms with Crippen LogP contribution in [0.25, 0.3) is 0 Å². The highest BCUT2D eigenvalue weighted by Crippen LogP contribution is 2.18. The summed E-state index contributed by atoms with van der Waals surface area (Å²) < 4.78 is 0. The molecule has 0 radical (unpaired) electrons. The van der Waals surface area contributed by atoms with Crippen molar-refractivity contribution in [3.8, 4) is 5.75 Å². The van der Waals surface area contributed by atoms with Gasteiger partial charge in [0, 0.05) is 0 Å². The van der Waals surface area contributed by atoms with Crippen molar-refractivity contribution >= 4 is 0 Å². The topological polar surface area (TPSA) is 102 Å². The molecule has 0 aliphatic rings. The van der Waals surface area contributed by atoms with Gasteiger partial charge in [-0.15, -0.1) is 0 Å². The Bertz CT molecular complexity index is 276. The molecule has 0 heterocycles. The molecule has 0 aliphatic carbocycles. The van der Waals surface area contributed by atoms with Gasteiger partial charge in [0.05, 0.1) is 18.8 Å². The largest absolute Gasteiger partial charge is 0.412 e. The van der Waals surface area contributed by atoms with E-state index in [9.17, 15) is 5.11 Å². The molecule has 0 bridgehead atoms. The highest BCUT2D eigenvalue weighted by molar-refractivity contribution is 5.28. The number of hydrogen-bond donors (Lipinski definition) is 4. The van der Waals surface area contributed by atoms with E-state index in [2.05, 4.69) is 4.84 Å². The highest BCUT2D eigenvalue weighted by Gasteiger charge is 2.15. The van der Waals surface area contributed by atoms with E-state index >= 15 is 0 Å². The summed E-state index contributed by atoms with van der Waals surface area (Å²) in [7, 11) is 0. The summed E-state index contributed by atoms with van der Waals surface area (Å²) in [6, 6.07) is 5.83. The molecule has 0 fully saturated rings. The Morgan fingerprint density at radius 3 is 2.29 bits per heavy atom. The summed E-state index contributed by atoms with van der Waals surface area (Å²) in [6.07, 6.45) is -0.883. The predicted octanol–water partition coefficient (Wildman–Crippen LogP) is -0.708. The van der Waals surface area contributed by atoms with Gasteiger partial charge in [-0.1, -0.05) is 12.1 Å². The van der Waals surface area contributed by atoms with Gasteiger partial charge in [-0.25, -0.2) is 0 Å². The van der Waals surface area contributed by atoms with Crippen molar-refractivity contribution in [3.05, 3.63) is 29.8 Å². The van der Waals surface area contributed by atoms with Gasteiger partial charge in [0.15, 0.2) is 0 Å². The molecule has 0 saturated carbocycles. The van der Waals surface area contributed by atoms with Gasteiger partial charge in [-0.05, 0) is 17.7 Å². The molecule has 0 saturated heterocycles. The molecule has 1 aromatic rings. The maximum absolute atomic E-state index is 9.60. The number of hydrogen-bond acceptors (Lipinski definition) is 5. The fraction of sp³-hybridized carbons (Fsp3) is 0.333. The molecule has 5 heteroatoms. The quantitative estimate of drug-likeness (QED) is 0.479. The standard InChI is InChI=1S/C9H14N2O3/c10-8(5-12)9(13)6-1-3-7(14-11)4-2-6/h1-4,8-9,12-13H,5,10-11H2. The van der Waals surface area contributed by atoms with Crippen molar-refractivity contribution in [1.82, 2.24) is 0 Å². The molecule has 2 unspecified atom stereocenters. The highest BCUT2D eigenvalue weighted by atomic mass is 16.6. The lowest BCUT2D eigenvalue weighted by Crippen LogP contribution is -2.31. The molecule has 0 amide bonds. The minimum absolute atomic E-state index is 0.268. The maximum atomic E-state index is 9.60. The van der Waals surface area contributed by atoms with Crippen LogP contribution in [-0.2, 0) is 0 Å². The molecule has 0 aliphatic heterocycles. The molecule has 6 N–H and O–H groups in total. The van der Waals surface area contributed by atoms with E-state index < -0.39 is 12.1 Å². The van der Waals surface area contributed by atoms with Gasteiger partial charge in [0.1, 0.15) is 5.75 Å². The van der Waals surface area contributed by atoms with E-state index in [0.29, 0.717) is 11.3 Å². The van der Waals surface area contributed by atoms with Gasteiger partial charge in [-0.3, -0.25) is 0 Å². The van der Waals surface area contributed by atoms with Crippen molar-refractivity contribution in [2.45, 2.75) is 12.1 Å². The number of rotatable bonds is 4. The summed E-state index contributed by atoms with van der Waals surface area (Å²) in [5, 5.41) is 18.3. The Morgan fingerprint density at radius 2 is 1.86 bits per heavy atom. The average Bonchev–Trinajstić information content (AvgIpc) is 2.27. The summed E-state index contributed by atoms with van der Waals surface area (Å²) in [5.74, 6) is 5.43. The molecule has 1 rings (SSSR count). The van der Waals surface area contributed by atoms with Crippen LogP contribution >= 0.6 is 0 Å². The van der Waals surface area contributed by atoms with E-state index in [0.717, 1.165) is 0 Å². The lowest BCUT2D eigenvalue weighted by Gasteiger charge is -2.16. The van der Waals surface area contributed by atoms with Crippen LogP contribution in [0.4, 0.5) is 0 Å². The SMILES string of the molecule is NOc1ccc(C(O)C(N)CO)cc1. The molecule has 14 heavy (non-hydrogen) atoms. The summed E-state index contributed by atoms with van der Waals surface area (Å²) in [4.78, 5) is 4.47. The van der Waals surface area contributed by atoms with Gasteiger partial charge in [-0.2, -0.15) is 5.90 Å². The molecule has 0 spiro atoms. The van der Waals surface area contributed by atoms with Crippen molar-refractivity contribution in [2.75, 3.05) is 6.61 Å². The Kier molecular flexibility index (Phi) is 3.84. The first-order valence-electron chi connectivity index (χ1n) is 4.20. The normalized spacial score (nSPS) is 14.9. The lowest BCUT2D eigenvalue weighted by atomic mass is 10.0. The van der Waals surface area contributed by atoms with Crippen LogP contribution in [0, 0.1) is 0 Å². The minimum atomic E-state index is -0.883. The molecular formula is C9H14N2O3. The van der Waals surface area contributed by atoms with Crippen LogP contribution in [0.1, 0.15) is 11.7 Å². The second-order valence-electron chi connectivity index (χ2n) is 2.98. The van der Waals surface area contributed by atoms with Crippen LogP contribution in [0.5, 0.6) is 5.75 Å². The summed E-state index contributed by atoms with van der Waals surface area (Å²) in [5.41, 5.74) is 6.08. The molecule has 78 valence electrons. The van der Waals surface area contributed by atoms with Crippen LogP contribution in [0.15, 0.2) is 24.3 Å². The van der Waals surface area contributed by atoms with Crippen molar-refractivity contribution < 1.29 is 15.1 Å². The maximum Gasteiger partial charge on any atom is 0.146 e. The van der Waals surface area contributed by atoms with Crippen LogP contribution in [0.3, 0.4) is 0 Å². The fourth-order valence-electron chi connectivity index (χ4n) is 1.09. The summed E-state index contributed by atoms with van der Waals surface area (Å²) >= 11 is 0. The van der Waals surface area contributed by atoms with Crippen LogP contribution < -0.4 is 16.5 Å². The van der Waals surface area contributed by atoms with E-state index in [4.69, 9.17) is 16.7 Å². The Balaban J connectivity index is 2.75. The zero-order chi connectivity index (χ0) is 10.6. The van der Waals surface area contributed by atoms with Crippen LogP contribution in [0.2, 0.25) is 0 Å².